The first kappa shape index (κ1) is 19.3. The number of rotatable bonds is 6. The van der Waals surface area contributed by atoms with Gasteiger partial charge in [-0.05, 0) is 56.6 Å². The number of halogens is 2. The maximum absolute atomic E-state index is 10.3. The SMILES string of the molecule is CCNC(=NCC(O)c1cc(Cl)cc(Cl)c1)NCC1CCN(C)C1. The van der Waals surface area contributed by atoms with Crippen LogP contribution in [0.3, 0.4) is 0 Å². The highest BCUT2D eigenvalue weighted by atomic mass is 35.5. The second kappa shape index (κ2) is 9.47. The minimum atomic E-state index is -0.741. The van der Waals surface area contributed by atoms with Crippen molar-refractivity contribution < 1.29 is 5.11 Å². The lowest BCUT2D eigenvalue weighted by Crippen LogP contribution is -2.40. The van der Waals surface area contributed by atoms with Gasteiger partial charge in [-0.25, -0.2) is 0 Å². The number of benzene rings is 1. The molecule has 1 aromatic rings. The number of aliphatic hydroxyl groups excluding tert-OH is 1. The summed E-state index contributed by atoms with van der Waals surface area (Å²) in [5.41, 5.74) is 0.671. The first-order chi connectivity index (χ1) is 11.5. The van der Waals surface area contributed by atoms with Gasteiger partial charge in [-0.15, -0.1) is 0 Å². The molecule has 7 heteroatoms. The van der Waals surface area contributed by atoms with E-state index in [0.29, 0.717) is 21.5 Å². The third-order valence-corrected chi connectivity index (χ3v) is 4.52. The zero-order valence-corrected chi connectivity index (χ0v) is 15.7. The molecular formula is C17H26Cl2N4O. The Balaban J connectivity index is 1.91. The molecule has 3 N–H and O–H groups in total. The van der Waals surface area contributed by atoms with Crippen molar-refractivity contribution in [1.82, 2.24) is 15.5 Å². The molecule has 0 amide bonds. The van der Waals surface area contributed by atoms with Crippen LogP contribution in [0.15, 0.2) is 23.2 Å². The van der Waals surface area contributed by atoms with Crippen LogP contribution in [0.2, 0.25) is 10.0 Å². The van der Waals surface area contributed by atoms with Crippen LogP contribution in [-0.4, -0.2) is 55.7 Å². The Morgan fingerprint density at radius 2 is 2.04 bits per heavy atom. The van der Waals surface area contributed by atoms with E-state index in [1.54, 1.807) is 18.2 Å². The maximum Gasteiger partial charge on any atom is 0.191 e. The highest BCUT2D eigenvalue weighted by molar-refractivity contribution is 6.34. The van der Waals surface area contributed by atoms with Gasteiger partial charge < -0.3 is 20.6 Å². The zero-order valence-electron chi connectivity index (χ0n) is 14.2. The van der Waals surface area contributed by atoms with Gasteiger partial charge in [0, 0.05) is 29.7 Å². The van der Waals surface area contributed by atoms with Gasteiger partial charge in [0.15, 0.2) is 5.96 Å². The fourth-order valence-corrected chi connectivity index (χ4v) is 3.37. The summed E-state index contributed by atoms with van der Waals surface area (Å²) >= 11 is 12.0. The normalized spacial score (nSPS) is 20.2. The van der Waals surface area contributed by atoms with Gasteiger partial charge in [-0.1, -0.05) is 23.2 Å². The average Bonchev–Trinajstić information content (AvgIpc) is 2.94. The van der Waals surface area contributed by atoms with Gasteiger partial charge in [-0.3, -0.25) is 4.99 Å². The summed E-state index contributed by atoms with van der Waals surface area (Å²) in [4.78, 5) is 6.81. The Labute approximate surface area is 154 Å². The summed E-state index contributed by atoms with van der Waals surface area (Å²) in [5, 5.41) is 17.9. The third-order valence-electron chi connectivity index (χ3n) is 4.08. The molecule has 2 rings (SSSR count). The largest absolute Gasteiger partial charge is 0.386 e. The minimum absolute atomic E-state index is 0.247. The van der Waals surface area contributed by atoms with E-state index in [0.717, 1.165) is 32.1 Å². The van der Waals surface area contributed by atoms with Gasteiger partial charge in [0.1, 0.15) is 0 Å². The second-order valence-corrected chi connectivity index (χ2v) is 7.11. The fourth-order valence-electron chi connectivity index (χ4n) is 2.83. The van der Waals surface area contributed by atoms with Crippen LogP contribution in [0.1, 0.15) is 25.0 Å². The van der Waals surface area contributed by atoms with Gasteiger partial charge in [0.2, 0.25) is 0 Å². The summed E-state index contributed by atoms with van der Waals surface area (Å²) in [6.45, 7) is 6.18. The van der Waals surface area contributed by atoms with Gasteiger partial charge in [0.25, 0.3) is 0 Å². The molecule has 24 heavy (non-hydrogen) atoms. The highest BCUT2D eigenvalue weighted by Crippen LogP contribution is 2.23. The number of aliphatic hydroxyl groups is 1. The van der Waals surface area contributed by atoms with Crippen molar-refractivity contribution in [3.63, 3.8) is 0 Å². The van der Waals surface area contributed by atoms with Crippen LogP contribution in [-0.2, 0) is 0 Å². The summed E-state index contributed by atoms with van der Waals surface area (Å²) in [6.07, 6.45) is 0.460. The van der Waals surface area contributed by atoms with E-state index in [-0.39, 0.29) is 6.54 Å². The summed E-state index contributed by atoms with van der Waals surface area (Å²) in [7, 11) is 2.14. The lowest BCUT2D eigenvalue weighted by Gasteiger charge is -2.16. The first-order valence-corrected chi connectivity index (χ1v) is 9.08. The van der Waals surface area contributed by atoms with E-state index in [2.05, 4.69) is 27.6 Å². The summed E-state index contributed by atoms with van der Waals surface area (Å²) in [5.74, 6) is 1.36. The smallest absolute Gasteiger partial charge is 0.191 e. The number of hydrogen-bond acceptors (Lipinski definition) is 3. The van der Waals surface area contributed by atoms with E-state index in [9.17, 15) is 5.11 Å². The number of hydrogen-bond donors (Lipinski definition) is 3. The van der Waals surface area contributed by atoms with Crippen LogP contribution < -0.4 is 10.6 Å². The molecule has 2 unspecified atom stereocenters. The van der Waals surface area contributed by atoms with Crippen molar-refractivity contribution >= 4 is 29.2 Å². The van der Waals surface area contributed by atoms with E-state index in [1.807, 2.05) is 6.92 Å². The first-order valence-electron chi connectivity index (χ1n) is 8.32. The molecule has 0 bridgehead atoms. The zero-order chi connectivity index (χ0) is 17.5. The number of nitrogens with one attached hydrogen (secondary N) is 2. The van der Waals surface area contributed by atoms with Crippen LogP contribution >= 0.6 is 23.2 Å². The van der Waals surface area contributed by atoms with Crippen LogP contribution in [0.5, 0.6) is 0 Å². The molecular weight excluding hydrogens is 347 g/mol. The highest BCUT2D eigenvalue weighted by Gasteiger charge is 2.19. The Hall–Kier alpha value is -1.01. The van der Waals surface area contributed by atoms with Crippen molar-refractivity contribution in [1.29, 1.82) is 0 Å². The van der Waals surface area contributed by atoms with E-state index >= 15 is 0 Å². The molecule has 134 valence electrons. The van der Waals surface area contributed by atoms with Crippen molar-refractivity contribution in [3.05, 3.63) is 33.8 Å². The number of likely N-dealkylation sites (tertiary alicyclic amines) is 1. The molecule has 1 heterocycles. The van der Waals surface area contributed by atoms with Crippen molar-refractivity contribution in [2.24, 2.45) is 10.9 Å². The van der Waals surface area contributed by atoms with E-state index in [4.69, 9.17) is 23.2 Å². The molecule has 1 aliphatic rings. The number of aliphatic imine (C=N–C) groups is 1. The Kier molecular flexibility index (Phi) is 7.62. The van der Waals surface area contributed by atoms with Gasteiger partial charge in [-0.2, -0.15) is 0 Å². The predicted molar refractivity (Wildman–Crippen MR) is 101 cm³/mol. The molecule has 0 aromatic heterocycles. The second-order valence-electron chi connectivity index (χ2n) is 6.24. The molecule has 0 spiro atoms. The standard InChI is InChI=1S/C17H26Cl2N4O/c1-3-20-17(21-9-12-4-5-23(2)11-12)22-10-16(24)13-6-14(18)8-15(19)7-13/h6-8,12,16,24H,3-5,9-11H2,1-2H3,(H2,20,21,22). The molecule has 0 aliphatic carbocycles. The topological polar surface area (TPSA) is 59.9 Å². The predicted octanol–water partition coefficient (Wildman–Crippen LogP) is 2.53. The minimum Gasteiger partial charge on any atom is -0.386 e. The van der Waals surface area contributed by atoms with Crippen molar-refractivity contribution in [2.75, 3.05) is 39.8 Å². The molecule has 0 saturated carbocycles. The molecule has 1 aliphatic heterocycles. The van der Waals surface area contributed by atoms with Crippen LogP contribution in [0.25, 0.3) is 0 Å². The Bertz CT molecular complexity index is 547. The molecule has 1 aromatic carbocycles. The maximum atomic E-state index is 10.3. The monoisotopic (exact) mass is 372 g/mol. The molecule has 1 fully saturated rings. The molecule has 0 radical (unpaired) electrons. The summed E-state index contributed by atoms with van der Waals surface area (Å²) in [6, 6.07) is 5.07. The average molecular weight is 373 g/mol. The van der Waals surface area contributed by atoms with Crippen LogP contribution in [0.4, 0.5) is 0 Å². The summed E-state index contributed by atoms with van der Waals surface area (Å²) < 4.78 is 0. The van der Waals surface area contributed by atoms with E-state index < -0.39 is 6.10 Å². The fraction of sp³-hybridized carbons (Fsp3) is 0.588. The Morgan fingerprint density at radius 1 is 1.33 bits per heavy atom. The van der Waals surface area contributed by atoms with E-state index in [1.165, 1.54) is 6.42 Å². The third kappa shape index (κ3) is 6.13. The van der Waals surface area contributed by atoms with Gasteiger partial charge >= 0.3 is 0 Å². The lowest BCUT2D eigenvalue weighted by atomic mass is 10.1. The van der Waals surface area contributed by atoms with Crippen LogP contribution in [0, 0.1) is 5.92 Å². The molecule has 2 atom stereocenters. The quantitative estimate of drug-likeness (QED) is 0.530. The van der Waals surface area contributed by atoms with Gasteiger partial charge in [0.05, 0.1) is 12.6 Å². The number of guanidine groups is 1. The van der Waals surface area contributed by atoms with Crippen molar-refractivity contribution in [3.8, 4) is 0 Å². The van der Waals surface area contributed by atoms with Crippen molar-refractivity contribution in [2.45, 2.75) is 19.4 Å². The lowest BCUT2D eigenvalue weighted by molar-refractivity contribution is 0.187. The number of nitrogens with zero attached hydrogens (tertiary/aromatic N) is 2. The molecule has 1 saturated heterocycles. The molecule has 5 nitrogen and oxygen atoms in total. The Morgan fingerprint density at radius 3 is 2.62 bits per heavy atom.